The molecule has 3 unspecified atom stereocenters. The van der Waals surface area contributed by atoms with Gasteiger partial charge in [0.05, 0.1) is 11.6 Å². The van der Waals surface area contributed by atoms with Gasteiger partial charge in [-0.2, -0.15) is 0 Å². The highest BCUT2D eigenvalue weighted by atomic mass is 19.1. The standard InChI is InChI=1S/C15H17F2NO3/c1-7-4-11(17)12(6-10(7)16)18-9(3)14(15(20)21)8(2)5-13(18)19/h4,6,8-9,14H,5H2,1-3H3,(H,20,21). The van der Waals surface area contributed by atoms with Gasteiger partial charge < -0.3 is 10.0 Å². The number of aryl methyl sites for hydroxylation is 1. The van der Waals surface area contributed by atoms with E-state index in [1.807, 2.05) is 0 Å². The highest BCUT2D eigenvalue weighted by molar-refractivity contribution is 5.96. The fourth-order valence-corrected chi connectivity index (χ4v) is 2.99. The molecule has 1 N–H and O–H groups in total. The van der Waals surface area contributed by atoms with Crippen molar-refractivity contribution < 1.29 is 23.5 Å². The molecule has 1 aliphatic heterocycles. The number of carbonyl (C=O) groups is 2. The third-order valence-corrected chi connectivity index (χ3v) is 4.08. The lowest BCUT2D eigenvalue weighted by molar-refractivity contribution is -0.146. The first kappa shape index (κ1) is 15.4. The summed E-state index contributed by atoms with van der Waals surface area (Å²) in [7, 11) is 0. The maximum absolute atomic E-state index is 14.1. The molecule has 4 nitrogen and oxygen atoms in total. The van der Waals surface area contributed by atoms with Gasteiger partial charge in [0.15, 0.2) is 0 Å². The molecule has 0 aromatic heterocycles. The number of amides is 1. The Kier molecular flexibility index (Phi) is 3.98. The van der Waals surface area contributed by atoms with E-state index in [0.717, 1.165) is 17.0 Å². The summed E-state index contributed by atoms with van der Waals surface area (Å²) in [6.07, 6.45) is -0.00373. The van der Waals surface area contributed by atoms with Crippen LogP contribution in [0.4, 0.5) is 14.5 Å². The van der Waals surface area contributed by atoms with E-state index < -0.39 is 35.5 Å². The van der Waals surface area contributed by atoms with E-state index in [4.69, 9.17) is 0 Å². The zero-order chi connectivity index (χ0) is 15.9. The number of hydrogen-bond donors (Lipinski definition) is 1. The second kappa shape index (κ2) is 5.42. The second-order valence-electron chi connectivity index (χ2n) is 5.60. The van der Waals surface area contributed by atoms with Crippen LogP contribution in [0, 0.1) is 30.4 Å². The van der Waals surface area contributed by atoms with Crippen LogP contribution in [0.15, 0.2) is 12.1 Å². The molecule has 0 bridgehead atoms. The van der Waals surface area contributed by atoms with Crippen LogP contribution >= 0.6 is 0 Å². The second-order valence-corrected chi connectivity index (χ2v) is 5.60. The first-order chi connectivity index (χ1) is 9.73. The normalized spacial score (nSPS) is 26.0. The number of benzene rings is 1. The van der Waals surface area contributed by atoms with Crippen molar-refractivity contribution in [3.8, 4) is 0 Å². The summed E-state index contributed by atoms with van der Waals surface area (Å²) >= 11 is 0. The van der Waals surface area contributed by atoms with Crippen LogP contribution in [0.2, 0.25) is 0 Å². The van der Waals surface area contributed by atoms with E-state index in [-0.39, 0.29) is 23.6 Å². The number of hydrogen-bond acceptors (Lipinski definition) is 2. The van der Waals surface area contributed by atoms with Gasteiger partial charge in [-0.3, -0.25) is 9.59 Å². The van der Waals surface area contributed by atoms with Gasteiger partial charge in [0.2, 0.25) is 5.91 Å². The molecule has 114 valence electrons. The molecule has 1 amide bonds. The van der Waals surface area contributed by atoms with Gasteiger partial charge in [0.1, 0.15) is 11.6 Å². The van der Waals surface area contributed by atoms with Gasteiger partial charge >= 0.3 is 5.97 Å². The Hall–Kier alpha value is -1.98. The monoisotopic (exact) mass is 297 g/mol. The van der Waals surface area contributed by atoms with Gasteiger partial charge in [-0.25, -0.2) is 8.78 Å². The minimum atomic E-state index is -1.04. The summed E-state index contributed by atoms with van der Waals surface area (Å²) in [5.74, 6) is -3.95. The summed E-state index contributed by atoms with van der Waals surface area (Å²) in [5, 5.41) is 9.29. The molecule has 21 heavy (non-hydrogen) atoms. The smallest absolute Gasteiger partial charge is 0.308 e. The minimum Gasteiger partial charge on any atom is -0.481 e. The van der Waals surface area contributed by atoms with Crippen molar-refractivity contribution >= 4 is 17.6 Å². The number of aliphatic carboxylic acids is 1. The molecular weight excluding hydrogens is 280 g/mol. The Balaban J connectivity index is 2.49. The maximum Gasteiger partial charge on any atom is 0.308 e. The average molecular weight is 297 g/mol. The fourth-order valence-electron chi connectivity index (χ4n) is 2.99. The van der Waals surface area contributed by atoms with Crippen molar-refractivity contribution in [3.63, 3.8) is 0 Å². The zero-order valence-corrected chi connectivity index (χ0v) is 12.1. The lowest BCUT2D eigenvalue weighted by atomic mass is 9.80. The van der Waals surface area contributed by atoms with Crippen LogP contribution in [0.5, 0.6) is 0 Å². The van der Waals surface area contributed by atoms with Crippen molar-refractivity contribution in [1.82, 2.24) is 0 Å². The van der Waals surface area contributed by atoms with E-state index in [2.05, 4.69) is 0 Å². The average Bonchev–Trinajstić information content (AvgIpc) is 2.34. The summed E-state index contributed by atoms with van der Waals surface area (Å²) in [4.78, 5) is 24.6. The maximum atomic E-state index is 14.1. The van der Waals surface area contributed by atoms with E-state index in [0.29, 0.717) is 0 Å². The fraction of sp³-hybridized carbons (Fsp3) is 0.467. The first-order valence-corrected chi connectivity index (χ1v) is 6.74. The van der Waals surface area contributed by atoms with E-state index >= 15 is 0 Å². The number of carbonyl (C=O) groups excluding carboxylic acids is 1. The van der Waals surface area contributed by atoms with Crippen molar-refractivity contribution in [2.75, 3.05) is 4.90 Å². The van der Waals surface area contributed by atoms with Crippen molar-refractivity contribution in [3.05, 3.63) is 29.3 Å². The third-order valence-electron chi connectivity index (χ3n) is 4.08. The molecule has 0 aliphatic carbocycles. The summed E-state index contributed by atoms with van der Waals surface area (Å²) in [6, 6.07) is 1.22. The van der Waals surface area contributed by atoms with E-state index in [9.17, 15) is 23.5 Å². The lowest BCUT2D eigenvalue weighted by Crippen LogP contribution is -2.53. The minimum absolute atomic E-state index is 0.00373. The van der Waals surface area contributed by atoms with Crippen LogP contribution in [-0.4, -0.2) is 23.0 Å². The molecule has 1 aromatic carbocycles. The van der Waals surface area contributed by atoms with Gasteiger partial charge in [0, 0.05) is 18.5 Å². The van der Waals surface area contributed by atoms with Crippen molar-refractivity contribution in [1.29, 1.82) is 0 Å². The van der Waals surface area contributed by atoms with E-state index in [1.165, 1.54) is 6.92 Å². The predicted molar refractivity (Wildman–Crippen MR) is 72.9 cm³/mol. The molecule has 0 saturated carbocycles. The molecule has 2 rings (SSSR count). The Morgan fingerprint density at radius 2 is 1.90 bits per heavy atom. The molecule has 3 atom stereocenters. The van der Waals surface area contributed by atoms with Gasteiger partial charge in [-0.05, 0) is 31.4 Å². The molecule has 1 aromatic rings. The molecule has 0 radical (unpaired) electrons. The summed E-state index contributed by atoms with van der Waals surface area (Å²) in [5.41, 5.74) is -0.0646. The first-order valence-electron chi connectivity index (χ1n) is 6.74. The van der Waals surface area contributed by atoms with E-state index in [1.54, 1.807) is 13.8 Å². The quantitative estimate of drug-likeness (QED) is 0.913. The van der Waals surface area contributed by atoms with Crippen LogP contribution in [0.1, 0.15) is 25.8 Å². The Morgan fingerprint density at radius 1 is 1.29 bits per heavy atom. The highest BCUT2D eigenvalue weighted by Gasteiger charge is 2.43. The van der Waals surface area contributed by atoms with Crippen LogP contribution < -0.4 is 4.90 Å². The summed E-state index contributed by atoms with van der Waals surface area (Å²) < 4.78 is 27.8. The SMILES string of the molecule is Cc1cc(F)c(N2C(=O)CC(C)C(C(=O)O)C2C)cc1F. The predicted octanol–water partition coefficient (Wildman–Crippen LogP) is 2.74. The molecular formula is C15H17F2NO3. The Labute approximate surface area is 121 Å². The van der Waals surface area contributed by atoms with Crippen molar-refractivity contribution in [2.24, 2.45) is 11.8 Å². The highest BCUT2D eigenvalue weighted by Crippen LogP contribution is 2.35. The Morgan fingerprint density at radius 3 is 2.48 bits per heavy atom. The molecule has 1 aliphatic rings. The van der Waals surface area contributed by atoms with Crippen LogP contribution in [-0.2, 0) is 9.59 Å². The van der Waals surface area contributed by atoms with Crippen LogP contribution in [0.25, 0.3) is 0 Å². The molecule has 6 heteroatoms. The lowest BCUT2D eigenvalue weighted by Gasteiger charge is -2.40. The number of anilines is 1. The summed E-state index contributed by atoms with van der Waals surface area (Å²) in [6.45, 7) is 4.64. The van der Waals surface area contributed by atoms with Gasteiger partial charge in [-0.1, -0.05) is 6.92 Å². The van der Waals surface area contributed by atoms with Crippen LogP contribution in [0.3, 0.4) is 0 Å². The Bertz CT molecular complexity index is 603. The largest absolute Gasteiger partial charge is 0.481 e. The topological polar surface area (TPSA) is 57.6 Å². The van der Waals surface area contributed by atoms with Crippen molar-refractivity contribution in [2.45, 2.75) is 33.2 Å². The number of halogens is 2. The molecule has 0 spiro atoms. The molecule has 1 saturated heterocycles. The zero-order valence-electron chi connectivity index (χ0n) is 12.1. The molecule has 1 fully saturated rings. The van der Waals surface area contributed by atoms with Gasteiger partial charge in [0.25, 0.3) is 0 Å². The number of nitrogens with zero attached hydrogens (tertiary/aromatic N) is 1. The van der Waals surface area contributed by atoms with Gasteiger partial charge in [-0.15, -0.1) is 0 Å². The number of carboxylic acids is 1. The number of carboxylic acid groups (broad SMARTS) is 1. The number of piperidine rings is 1. The third kappa shape index (κ3) is 2.62. The number of rotatable bonds is 2. The molecule has 1 heterocycles.